The van der Waals surface area contributed by atoms with Crippen LogP contribution in [0.1, 0.15) is 6.92 Å². The van der Waals surface area contributed by atoms with Gasteiger partial charge in [-0.1, -0.05) is 11.6 Å². The molecule has 13 heavy (non-hydrogen) atoms. The predicted octanol–water partition coefficient (Wildman–Crippen LogP) is 2.27. The standard InChI is InChI=1S/C9H11ClFNO/c1-6(13)5-12-9-3-7(10)2-8(11)4-9/h2-4,6,12-13H,5H2,1H3/t6-/m1/s1. The fourth-order valence-corrected chi connectivity index (χ4v) is 1.14. The Kier molecular flexibility index (Phi) is 3.51. The van der Waals surface area contributed by atoms with Gasteiger partial charge >= 0.3 is 0 Å². The van der Waals surface area contributed by atoms with Crippen LogP contribution in [-0.2, 0) is 0 Å². The second kappa shape index (κ2) is 4.44. The van der Waals surface area contributed by atoms with Gasteiger partial charge in [-0.3, -0.25) is 0 Å². The first-order valence-electron chi connectivity index (χ1n) is 3.96. The Labute approximate surface area is 81.3 Å². The number of rotatable bonds is 3. The van der Waals surface area contributed by atoms with E-state index in [4.69, 9.17) is 16.7 Å². The molecule has 0 fully saturated rings. The highest BCUT2D eigenvalue weighted by Gasteiger charge is 2.00. The van der Waals surface area contributed by atoms with E-state index >= 15 is 0 Å². The molecule has 4 heteroatoms. The van der Waals surface area contributed by atoms with Crippen molar-refractivity contribution < 1.29 is 9.50 Å². The van der Waals surface area contributed by atoms with Crippen molar-refractivity contribution in [1.82, 2.24) is 0 Å². The lowest BCUT2D eigenvalue weighted by Gasteiger charge is -2.08. The van der Waals surface area contributed by atoms with Gasteiger partial charge in [-0.05, 0) is 25.1 Å². The molecule has 0 amide bonds. The Balaban J connectivity index is 2.66. The molecule has 0 radical (unpaired) electrons. The molecule has 0 aliphatic carbocycles. The lowest BCUT2D eigenvalue weighted by Crippen LogP contribution is -2.15. The van der Waals surface area contributed by atoms with Crippen molar-refractivity contribution in [2.45, 2.75) is 13.0 Å². The average molecular weight is 204 g/mol. The lowest BCUT2D eigenvalue weighted by molar-refractivity contribution is 0.208. The van der Waals surface area contributed by atoms with Crippen LogP contribution < -0.4 is 5.32 Å². The van der Waals surface area contributed by atoms with E-state index in [1.165, 1.54) is 12.1 Å². The molecule has 0 spiro atoms. The van der Waals surface area contributed by atoms with E-state index in [0.717, 1.165) is 0 Å². The van der Waals surface area contributed by atoms with Crippen molar-refractivity contribution in [2.24, 2.45) is 0 Å². The van der Waals surface area contributed by atoms with Crippen LogP contribution in [0, 0.1) is 5.82 Å². The van der Waals surface area contributed by atoms with Crippen molar-refractivity contribution in [3.63, 3.8) is 0 Å². The van der Waals surface area contributed by atoms with Gasteiger partial charge in [0.15, 0.2) is 0 Å². The summed E-state index contributed by atoms with van der Waals surface area (Å²) in [6.45, 7) is 2.02. The van der Waals surface area contributed by atoms with Crippen molar-refractivity contribution in [3.05, 3.63) is 29.0 Å². The van der Waals surface area contributed by atoms with Gasteiger partial charge < -0.3 is 10.4 Å². The third kappa shape index (κ3) is 3.61. The van der Waals surface area contributed by atoms with Crippen LogP contribution in [0.15, 0.2) is 18.2 Å². The molecule has 0 saturated heterocycles. The maximum absolute atomic E-state index is 12.8. The first kappa shape index (κ1) is 10.3. The van der Waals surface area contributed by atoms with Gasteiger partial charge in [0.1, 0.15) is 5.82 Å². The zero-order valence-electron chi connectivity index (χ0n) is 7.22. The molecule has 1 atom stereocenters. The van der Waals surface area contributed by atoms with Gasteiger partial charge in [-0.25, -0.2) is 4.39 Å². The maximum Gasteiger partial charge on any atom is 0.126 e. The summed E-state index contributed by atoms with van der Waals surface area (Å²) in [6, 6.07) is 4.16. The minimum atomic E-state index is -0.470. The molecule has 1 aromatic rings. The summed E-state index contributed by atoms with van der Waals surface area (Å²) in [5.41, 5.74) is 0.575. The van der Waals surface area contributed by atoms with Crippen LogP contribution in [0.4, 0.5) is 10.1 Å². The van der Waals surface area contributed by atoms with Gasteiger partial charge in [0.25, 0.3) is 0 Å². The van der Waals surface area contributed by atoms with Gasteiger partial charge in [0.05, 0.1) is 6.10 Å². The molecule has 0 heterocycles. The zero-order valence-corrected chi connectivity index (χ0v) is 7.98. The quantitative estimate of drug-likeness (QED) is 0.790. The Morgan fingerprint density at radius 2 is 2.23 bits per heavy atom. The topological polar surface area (TPSA) is 32.3 Å². The zero-order chi connectivity index (χ0) is 9.84. The summed E-state index contributed by atoms with van der Waals surface area (Å²) in [6.07, 6.45) is -0.470. The predicted molar refractivity (Wildman–Crippen MR) is 51.6 cm³/mol. The highest BCUT2D eigenvalue weighted by molar-refractivity contribution is 6.30. The summed E-state index contributed by atoms with van der Waals surface area (Å²) < 4.78 is 12.8. The fraction of sp³-hybridized carbons (Fsp3) is 0.333. The number of benzene rings is 1. The molecule has 0 aromatic heterocycles. The molecule has 2 N–H and O–H groups in total. The molecule has 0 saturated carbocycles. The molecule has 0 aliphatic heterocycles. The van der Waals surface area contributed by atoms with E-state index < -0.39 is 6.10 Å². The van der Waals surface area contributed by atoms with Crippen molar-refractivity contribution in [2.75, 3.05) is 11.9 Å². The van der Waals surface area contributed by atoms with E-state index in [-0.39, 0.29) is 5.82 Å². The molecule has 1 aromatic carbocycles. The Morgan fingerprint density at radius 1 is 1.54 bits per heavy atom. The van der Waals surface area contributed by atoms with E-state index in [1.54, 1.807) is 13.0 Å². The van der Waals surface area contributed by atoms with Gasteiger partial charge in [-0.2, -0.15) is 0 Å². The molecule has 2 nitrogen and oxygen atoms in total. The minimum absolute atomic E-state index is 0.341. The van der Waals surface area contributed by atoms with Crippen molar-refractivity contribution in [1.29, 1.82) is 0 Å². The van der Waals surface area contributed by atoms with Crippen LogP contribution in [0.25, 0.3) is 0 Å². The third-order valence-electron chi connectivity index (χ3n) is 1.46. The highest BCUT2D eigenvalue weighted by atomic mass is 35.5. The van der Waals surface area contributed by atoms with E-state index in [2.05, 4.69) is 5.32 Å². The SMILES string of the molecule is C[C@@H](O)CNc1cc(F)cc(Cl)c1. The summed E-state index contributed by atoms with van der Waals surface area (Å²) >= 11 is 5.62. The average Bonchev–Trinajstić information content (AvgIpc) is 1.99. The highest BCUT2D eigenvalue weighted by Crippen LogP contribution is 2.17. The number of halogens is 2. The van der Waals surface area contributed by atoms with E-state index in [1.807, 2.05) is 0 Å². The summed E-state index contributed by atoms with van der Waals surface area (Å²) in [5.74, 6) is -0.388. The Bertz CT molecular complexity index is 271. The molecule has 1 rings (SSSR count). The minimum Gasteiger partial charge on any atom is -0.392 e. The molecule has 0 bridgehead atoms. The molecule has 72 valence electrons. The summed E-state index contributed by atoms with van der Waals surface area (Å²) in [7, 11) is 0. The van der Waals surface area contributed by atoms with Crippen LogP contribution in [0.2, 0.25) is 5.02 Å². The van der Waals surface area contributed by atoms with Gasteiger partial charge in [-0.15, -0.1) is 0 Å². The van der Waals surface area contributed by atoms with Crippen molar-refractivity contribution in [3.8, 4) is 0 Å². The van der Waals surface area contributed by atoms with Crippen LogP contribution in [-0.4, -0.2) is 17.8 Å². The Hall–Kier alpha value is -0.800. The lowest BCUT2D eigenvalue weighted by atomic mass is 10.3. The number of aliphatic hydroxyl groups excluding tert-OH is 1. The van der Waals surface area contributed by atoms with Crippen LogP contribution in [0.3, 0.4) is 0 Å². The number of nitrogens with one attached hydrogen (secondary N) is 1. The summed E-state index contributed by atoms with van der Waals surface area (Å²) in [4.78, 5) is 0. The number of hydrogen-bond donors (Lipinski definition) is 2. The van der Waals surface area contributed by atoms with Crippen molar-refractivity contribution >= 4 is 17.3 Å². The summed E-state index contributed by atoms with van der Waals surface area (Å²) in [5, 5.41) is 12.2. The molecular weight excluding hydrogens is 193 g/mol. The van der Waals surface area contributed by atoms with Gasteiger partial charge in [0.2, 0.25) is 0 Å². The van der Waals surface area contributed by atoms with E-state index in [0.29, 0.717) is 17.3 Å². The maximum atomic E-state index is 12.8. The number of anilines is 1. The van der Waals surface area contributed by atoms with Gasteiger partial charge in [0, 0.05) is 17.3 Å². The molecule has 0 unspecified atom stereocenters. The molecule has 0 aliphatic rings. The van der Waals surface area contributed by atoms with E-state index in [9.17, 15) is 4.39 Å². The smallest absolute Gasteiger partial charge is 0.126 e. The monoisotopic (exact) mass is 203 g/mol. The first-order valence-corrected chi connectivity index (χ1v) is 4.34. The molecular formula is C9H11ClFNO. The third-order valence-corrected chi connectivity index (χ3v) is 1.68. The van der Waals surface area contributed by atoms with Crippen LogP contribution in [0.5, 0.6) is 0 Å². The fourth-order valence-electron chi connectivity index (χ4n) is 0.921. The number of aliphatic hydroxyl groups is 1. The normalized spacial score (nSPS) is 12.6. The largest absolute Gasteiger partial charge is 0.392 e. The number of hydrogen-bond acceptors (Lipinski definition) is 2. The first-order chi connectivity index (χ1) is 6.08. The second-order valence-corrected chi connectivity index (χ2v) is 3.32. The Morgan fingerprint density at radius 3 is 2.77 bits per heavy atom. The second-order valence-electron chi connectivity index (χ2n) is 2.89. The van der Waals surface area contributed by atoms with Crippen LogP contribution >= 0.6 is 11.6 Å².